The van der Waals surface area contributed by atoms with Gasteiger partial charge in [0.25, 0.3) is 0 Å². The molecule has 0 saturated heterocycles. The molecule has 5 heterocycles. The molecule has 0 aliphatic carbocycles. The Kier molecular flexibility index (Phi) is 17.6. The average Bonchev–Trinajstić information content (AvgIpc) is 4.08. The van der Waals surface area contributed by atoms with Gasteiger partial charge in [0, 0.05) is 71.2 Å². The van der Waals surface area contributed by atoms with Crippen LogP contribution in [0.1, 0.15) is 17.0 Å². The molecule has 0 amide bonds. The number of halogens is 5. The number of hydrogen-bond donors (Lipinski definition) is 3. The predicted octanol–water partition coefficient (Wildman–Crippen LogP) is 12.3. The molecule has 338 valence electrons. The second kappa shape index (κ2) is 24.6. The predicted molar refractivity (Wildman–Crippen MR) is 289 cm³/mol. The van der Waals surface area contributed by atoms with Crippen molar-refractivity contribution in [2.24, 2.45) is 0 Å². The lowest BCUT2D eigenvalue weighted by Crippen LogP contribution is -2.29. The van der Waals surface area contributed by atoms with Crippen LogP contribution in [0.15, 0.2) is 213 Å². The number of benzene rings is 6. The quantitative estimate of drug-likeness (QED) is 0.0934. The normalized spacial score (nSPS) is 10.1. The van der Waals surface area contributed by atoms with Crippen molar-refractivity contribution in [2.75, 3.05) is 0 Å². The lowest BCUT2D eigenvalue weighted by atomic mass is 9.80. The van der Waals surface area contributed by atoms with E-state index in [-0.39, 0.29) is 17.5 Å². The van der Waals surface area contributed by atoms with E-state index in [1.165, 1.54) is 72.0 Å². The van der Waals surface area contributed by atoms with Crippen LogP contribution >= 0.6 is 45.2 Å². The zero-order valence-electron chi connectivity index (χ0n) is 36.4. The number of para-hydroxylation sites is 3. The van der Waals surface area contributed by atoms with Crippen molar-refractivity contribution >= 4 is 90.5 Å². The first-order chi connectivity index (χ1) is 33.6. The Morgan fingerprint density at radius 3 is 1.51 bits per heavy atom. The van der Waals surface area contributed by atoms with Crippen molar-refractivity contribution in [1.82, 2.24) is 24.1 Å². The summed E-state index contributed by atoms with van der Waals surface area (Å²) in [7, 11) is -1.51. The Balaban J connectivity index is 0.000000136. The van der Waals surface area contributed by atoms with E-state index in [4.69, 9.17) is 16.5 Å². The molecule has 3 N–H and O–H groups in total. The van der Waals surface area contributed by atoms with Gasteiger partial charge in [-0.15, -0.1) is 6.42 Å². The Morgan fingerprint density at radius 2 is 0.986 bits per heavy atom. The zero-order valence-corrected chi connectivity index (χ0v) is 40.8. The maximum Gasteiger partial charge on any atom is 0.488 e. The summed E-state index contributed by atoms with van der Waals surface area (Å²) in [5, 5.41) is 20.7. The van der Waals surface area contributed by atoms with Crippen LogP contribution in [0.5, 0.6) is 0 Å². The van der Waals surface area contributed by atoms with Gasteiger partial charge in [0.05, 0.1) is 16.6 Å². The molecule has 0 aliphatic heterocycles. The van der Waals surface area contributed by atoms with E-state index in [1.807, 2.05) is 89.8 Å². The van der Waals surface area contributed by atoms with Gasteiger partial charge in [-0.2, -0.15) is 0 Å². The Hall–Kier alpha value is -7.41. The van der Waals surface area contributed by atoms with Gasteiger partial charge in [-0.1, -0.05) is 90.7 Å². The molecule has 0 atom stereocenters. The van der Waals surface area contributed by atoms with Crippen molar-refractivity contribution in [3.05, 3.63) is 255 Å². The van der Waals surface area contributed by atoms with Gasteiger partial charge in [-0.25, -0.2) is 23.1 Å². The number of H-pyrrole nitrogens is 1. The second-order valence-electron chi connectivity index (χ2n) is 14.7. The van der Waals surface area contributed by atoms with Gasteiger partial charge in [0.2, 0.25) is 0 Å². The van der Waals surface area contributed by atoms with E-state index in [0.29, 0.717) is 11.2 Å². The van der Waals surface area contributed by atoms with Crippen molar-refractivity contribution in [1.29, 1.82) is 0 Å². The monoisotopic (exact) mass is 1140 g/mol. The highest BCUT2D eigenvalue weighted by molar-refractivity contribution is 14.1. The molecule has 0 fully saturated rings. The van der Waals surface area contributed by atoms with E-state index in [2.05, 4.69) is 119 Å². The van der Waals surface area contributed by atoms with Crippen LogP contribution in [-0.2, 0) is 0 Å². The summed E-state index contributed by atoms with van der Waals surface area (Å²) in [6.45, 7) is 0. The molecule has 0 unspecified atom stereocenters. The summed E-state index contributed by atoms with van der Waals surface area (Å²) in [5.41, 5.74) is 7.90. The van der Waals surface area contributed by atoms with E-state index in [9.17, 15) is 13.2 Å². The van der Waals surface area contributed by atoms with Gasteiger partial charge in [0.15, 0.2) is 0 Å². The number of nitrogens with one attached hydrogen (secondary N) is 1. The number of hydrogen-bond acceptors (Lipinski definition) is 4. The third-order valence-corrected chi connectivity index (χ3v) is 11.8. The molecular formula is C56H39BF3I2N5O2. The van der Waals surface area contributed by atoms with Crippen molar-refractivity contribution in [2.45, 2.75) is 0 Å². The third kappa shape index (κ3) is 13.6. The van der Waals surface area contributed by atoms with Gasteiger partial charge >= 0.3 is 7.12 Å². The molecule has 0 saturated carbocycles. The van der Waals surface area contributed by atoms with Gasteiger partial charge in [0.1, 0.15) is 28.8 Å². The molecule has 11 aromatic rings. The highest BCUT2D eigenvalue weighted by Gasteiger charge is 2.10. The van der Waals surface area contributed by atoms with Crippen LogP contribution in [0.2, 0.25) is 0 Å². The van der Waals surface area contributed by atoms with Gasteiger partial charge in [-0.05, 0) is 160 Å². The molecule has 6 aromatic carbocycles. The molecule has 7 nitrogen and oxygen atoms in total. The zero-order chi connectivity index (χ0) is 48.5. The Morgan fingerprint density at radius 1 is 0.507 bits per heavy atom. The number of terminal acetylenes is 1. The van der Waals surface area contributed by atoms with Crippen molar-refractivity contribution in [3.63, 3.8) is 0 Å². The van der Waals surface area contributed by atoms with Crippen molar-refractivity contribution in [3.8, 4) is 35.6 Å². The minimum atomic E-state index is -1.51. The molecule has 11 rings (SSSR count). The highest BCUT2D eigenvalue weighted by atomic mass is 127. The topological polar surface area (TPSA) is 91.9 Å². The minimum absolute atomic E-state index is 0.208. The largest absolute Gasteiger partial charge is 0.488 e. The van der Waals surface area contributed by atoms with Crippen molar-refractivity contribution < 1.29 is 23.2 Å². The fourth-order valence-electron chi connectivity index (χ4n) is 6.74. The van der Waals surface area contributed by atoms with Gasteiger partial charge < -0.3 is 24.2 Å². The maximum absolute atomic E-state index is 13.2. The fraction of sp³-hybridized carbons (Fsp3) is 0. The molecular weight excluding hydrogens is 1100 g/mol. The average molecular weight is 1140 g/mol. The van der Waals surface area contributed by atoms with Crippen LogP contribution in [0.3, 0.4) is 0 Å². The molecule has 5 aromatic heterocycles. The second-order valence-corrected chi connectivity index (χ2v) is 17.0. The van der Waals surface area contributed by atoms with Crippen LogP contribution in [-0.4, -0.2) is 41.3 Å². The number of fused-ring (bicyclic) bond motifs is 3. The summed E-state index contributed by atoms with van der Waals surface area (Å²) in [5.74, 6) is 7.87. The molecule has 13 heteroatoms. The first-order valence-corrected chi connectivity index (χ1v) is 23.2. The van der Waals surface area contributed by atoms with E-state index < -0.39 is 7.12 Å². The standard InChI is InChI=1S/C21H13FN2.C14H9FIN.C8H6IN.C7H5N.C6H6BFO2/c22-17-9-12-19(13-10-17)24-15-16(20-6-1-2-7-21(20)24)8-11-18-5-3-4-14-23-18;15-10-5-7-11(8-6-10)17-9-13(16)12-3-1-2-4-14(12)17;9-7-5-10-8-4-2-1-3-6(7)8;1-2-7-5-3-4-6-8-7;8-6-3-1-5(2-4-6)7(9)10/h1-7,9-10,12-15H;1-9H;1-5,10H;1,3-6H;1-4,9-10H. The lowest BCUT2D eigenvalue weighted by molar-refractivity contribution is 0.425. The Labute approximate surface area is 424 Å². The number of rotatable bonds is 3. The molecule has 0 bridgehead atoms. The fourth-order valence-corrected chi connectivity index (χ4v) is 8.10. The van der Waals surface area contributed by atoms with E-state index >= 15 is 0 Å². The Bertz CT molecular complexity index is 3490. The molecule has 69 heavy (non-hydrogen) atoms. The lowest BCUT2D eigenvalue weighted by Gasteiger charge is -2.04. The summed E-state index contributed by atoms with van der Waals surface area (Å²) in [6, 6.07) is 53.7. The van der Waals surface area contributed by atoms with Crippen LogP contribution in [0.4, 0.5) is 13.2 Å². The SMILES string of the molecule is C#Cc1ccccn1.Fc1ccc(-n2cc(C#Cc3ccccn3)c3ccccc32)cc1.Fc1ccc(-n2cc(I)c3ccccc32)cc1.Ic1c[nH]c2ccccc12.OB(O)c1ccc(F)cc1. The van der Waals surface area contributed by atoms with Crippen LogP contribution in [0.25, 0.3) is 44.1 Å². The summed E-state index contributed by atoms with van der Waals surface area (Å²) < 4.78 is 44.9. The van der Waals surface area contributed by atoms with Crippen LogP contribution in [0, 0.1) is 48.8 Å². The minimum Gasteiger partial charge on any atom is -0.423 e. The third-order valence-electron chi connectivity index (χ3n) is 10.1. The number of pyridine rings is 2. The summed E-state index contributed by atoms with van der Waals surface area (Å²) >= 11 is 4.64. The smallest absolute Gasteiger partial charge is 0.423 e. The maximum atomic E-state index is 13.2. The van der Waals surface area contributed by atoms with Crippen LogP contribution < -0.4 is 5.46 Å². The summed E-state index contributed by atoms with van der Waals surface area (Å²) in [4.78, 5) is 11.3. The number of aromatic amines is 1. The highest BCUT2D eigenvalue weighted by Crippen LogP contribution is 2.27. The molecule has 0 radical (unpaired) electrons. The first kappa shape index (κ1) is 49.5. The molecule has 0 aliphatic rings. The van der Waals surface area contributed by atoms with Gasteiger partial charge in [-0.3, -0.25) is 0 Å². The number of aromatic nitrogens is 5. The summed E-state index contributed by atoms with van der Waals surface area (Å²) in [6.07, 6.45) is 14.5. The molecule has 0 spiro atoms. The van der Waals surface area contributed by atoms with E-state index in [1.54, 1.807) is 42.7 Å². The van der Waals surface area contributed by atoms with E-state index in [0.717, 1.165) is 39.1 Å². The number of nitrogens with zero attached hydrogens (tertiary/aromatic N) is 4. The first-order valence-electron chi connectivity index (χ1n) is 21.1.